The van der Waals surface area contributed by atoms with Gasteiger partial charge in [-0.15, -0.1) is 0 Å². The molecule has 0 amide bonds. The molecule has 0 fully saturated rings. The SMILES string of the molecule is CCOC(=O)C[C@@H](N)c1ccc(OC)c(O)c1. The fourth-order valence-electron chi connectivity index (χ4n) is 1.45. The molecule has 1 aromatic rings. The van der Waals surface area contributed by atoms with Gasteiger partial charge < -0.3 is 20.3 Å². The molecule has 5 nitrogen and oxygen atoms in total. The summed E-state index contributed by atoms with van der Waals surface area (Å²) in [6.45, 7) is 2.07. The molecule has 0 aliphatic heterocycles. The lowest BCUT2D eigenvalue weighted by Gasteiger charge is -2.12. The van der Waals surface area contributed by atoms with E-state index in [2.05, 4.69) is 0 Å². The molecule has 1 aromatic carbocycles. The van der Waals surface area contributed by atoms with Gasteiger partial charge in [0, 0.05) is 6.04 Å². The fourth-order valence-corrected chi connectivity index (χ4v) is 1.45. The highest BCUT2D eigenvalue weighted by molar-refractivity contribution is 5.70. The van der Waals surface area contributed by atoms with Gasteiger partial charge in [0.2, 0.25) is 0 Å². The largest absolute Gasteiger partial charge is 0.504 e. The van der Waals surface area contributed by atoms with Crippen molar-refractivity contribution in [2.24, 2.45) is 5.73 Å². The van der Waals surface area contributed by atoms with Crippen molar-refractivity contribution in [2.75, 3.05) is 13.7 Å². The first kappa shape index (κ1) is 13.3. The number of aromatic hydroxyl groups is 1. The zero-order valence-corrected chi connectivity index (χ0v) is 9.97. The molecule has 0 aromatic heterocycles. The summed E-state index contributed by atoms with van der Waals surface area (Å²) >= 11 is 0. The van der Waals surface area contributed by atoms with Gasteiger partial charge >= 0.3 is 5.97 Å². The van der Waals surface area contributed by atoms with Crippen LogP contribution < -0.4 is 10.5 Å². The van der Waals surface area contributed by atoms with Gasteiger partial charge in [-0.2, -0.15) is 0 Å². The quantitative estimate of drug-likeness (QED) is 0.758. The van der Waals surface area contributed by atoms with Gasteiger partial charge in [-0.3, -0.25) is 4.79 Å². The normalized spacial score (nSPS) is 11.9. The van der Waals surface area contributed by atoms with E-state index in [0.717, 1.165) is 0 Å². The van der Waals surface area contributed by atoms with Gasteiger partial charge in [0.1, 0.15) is 0 Å². The minimum atomic E-state index is -0.495. The van der Waals surface area contributed by atoms with Crippen molar-refractivity contribution < 1.29 is 19.4 Å². The Kier molecular flexibility index (Phi) is 4.78. The Balaban J connectivity index is 2.72. The molecule has 0 saturated carbocycles. The average molecular weight is 239 g/mol. The molecule has 17 heavy (non-hydrogen) atoms. The van der Waals surface area contributed by atoms with E-state index in [4.69, 9.17) is 15.2 Å². The maximum Gasteiger partial charge on any atom is 0.307 e. The Morgan fingerprint density at radius 3 is 2.76 bits per heavy atom. The number of ether oxygens (including phenoxy) is 2. The number of esters is 1. The second-order valence-electron chi connectivity index (χ2n) is 3.55. The number of carbonyl (C=O) groups excluding carboxylic acids is 1. The summed E-state index contributed by atoms with van der Waals surface area (Å²) in [6.07, 6.45) is 0.0829. The van der Waals surface area contributed by atoms with Crippen LogP contribution >= 0.6 is 0 Å². The third-order valence-corrected chi connectivity index (χ3v) is 2.32. The van der Waals surface area contributed by atoms with Gasteiger partial charge in [0.15, 0.2) is 11.5 Å². The van der Waals surface area contributed by atoms with Gasteiger partial charge in [-0.1, -0.05) is 6.07 Å². The lowest BCUT2D eigenvalue weighted by atomic mass is 10.0. The second kappa shape index (κ2) is 6.10. The monoisotopic (exact) mass is 239 g/mol. The summed E-state index contributed by atoms with van der Waals surface area (Å²) in [5, 5.41) is 9.58. The predicted molar refractivity (Wildman–Crippen MR) is 62.8 cm³/mol. The Morgan fingerprint density at radius 1 is 1.53 bits per heavy atom. The molecular formula is C12H17NO4. The predicted octanol–water partition coefficient (Wildman–Crippen LogP) is 1.35. The molecular weight excluding hydrogens is 222 g/mol. The van der Waals surface area contributed by atoms with Crippen LogP contribution in [-0.2, 0) is 9.53 Å². The topological polar surface area (TPSA) is 81.8 Å². The van der Waals surface area contributed by atoms with E-state index in [1.807, 2.05) is 0 Å². The zero-order valence-electron chi connectivity index (χ0n) is 9.97. The standard InChI is InChI=1S/C12H17NO4/c1-3-17-12(15)7-9(13)8-4-5-11(16-2)10(14)6-8/h4-6,9,14H,3,7,13H2,1-2H3/t9-/m1/s1. The van der Waals surface area contributed by atoms with Crippen molar-refractivity contribution in [3.05, 3.63) is 23.8 Å². The number of carbonyl (C=O) groups is 1. The van der Waals surface area contributed by atoms with Crippen LogP contribution in [0.3, 0.4) is 0 Å². The molecule has 3 N–H and O–H groups in total. The summed E-state index contributed by atoms with van der Waals surface area (Å²) in [5.74, 6) is 0.0247. The number of nitrogens with two attached hydrogens (primary N) is 1. The number of phenolic OH excluding ortho intramolecular Hbond substituents is 1. The number of methoxy groups -OCH3 is 1. The van der Waals surface area contributed by atoms with Crippen LogP contribution in [0.5, 0.6) is 11.5 Å². The fraction of sp³-hybridized carbons (Fsp3) is 0.417. The molecule has 94 valence electrons. The first-order valence-corrected chi connectivity index (χ1v) is 5.36. The molecule has 0 bridgehead atoms. The van der Waals surface area contributed by atoms with Gasteiger partial charge in [-0.25, -0.2) is 0 Å². The molecule has 0 saturated heterocycles. The van der Waals surface area contributed by atoms with E-state index >= 15 is 0 Å². The van der Waals surface area contributed by atoms with E-state index in [0.29, 0.717) is 17.9 Å². The number of hydrogen-bond acceptors (Lipinski definition) is 5. The van der Waals surface area contributed by atoms with E-state index < -0.39 is 6.04 Å². The minimum Gasteiger partial charge on any atom is -0.504 e. The van der Waals surface area contributed by atoms with E-state index in [9.17, 15) is 9.90 Å². The molecule has 1 atom stereocenters. The molecule has 0 radical (unpaired) electrons. The molecule has 0 aliphatic carbocycles. The van der Waals surface area contributed by atoms with E-state index in [1.165, 1.54) is 13.2 Å². The van der Waals surface area contributed by atoms with Crippen LogP contribution in [-0.4, -0.2) is 24.8 Å². The lowest BCUT2D eigenvalue weighted by molar-refractivity contribution is -0.143. The van der Waals surface area contributed by atoms with Crippen molar-refractivity contribution in [3.8, 4) is 11.5 Å². The maximum atomic E-state index is 11.2. The summed E-state index contributed by atoms with van der Waals surface area (Å²) in [5.41, 5.74) is 6.50. The highest BCUT2D eigenvalue weighted by Crippen LogP contribution is 2.29. The minimum absolute atomic E-state index is 0.00399. The molecule has 5 heteroatoms. The van der Waals surface area contributed by atoms with Crippen molar-refractivity contribution in [1.29, 1.82) is 0 Å². The average Bonchev–Trinajstić information content (AvgIpc) is 2.29. The molecule has 1 rings (SSSR count). The summed E-state index contributed by atoms with van der Waals surface area (Å²) < 4.78 is 9.72. The van der Waals surface area contributed by atoms with Gasteiger partial charge in [0.05, 0.1) is 20.1 Å². The summed E-state index contributed by atoms with van der Waals surface area (Å²) in [7, 11) is 1.47. The van der Waals surface area contributed by atoms with Crippen molar-refractivity contribution in [2.45, 2.75) is 19.4 Å². The first-order chi connectivity index (χ1) is 8.08. The van der Waals surface area contributed by atoms with Crippen molar-refractivity contribution in [3.63, 3.8) is 0 Å². The van der Waals surface area contributed by atoms with Crippen LogP contribution in [0.4, 0.5) is 0 Å². The van der Waals surface area contributed by atoms with Crippen LogP contribution in [0.15, 0.2) is 18.2 Å². The zero-order chi connectivity index (χ0) is 12.8. The first-order valence-electron chi connectivity index (χ1n) is 5.36. The van der Waals surface area contributed by atoms with Crippen molar-refractivity contribution >= 4 is 5.97 Å². The molecule has 0 unspecified atom stereocenters. The third kappa shape index (κ3) is 3.64. The third-order valence-electron chi connectivity index (χ3n) is 2.32. The van der Waals surface area contributed by atoms with E-state index in [1.54, 1.807) is 19.1 Å². The summed E-state index contributed by atoms with van der Waals surface area (Å²) in [6, 6.07) is 4.31. The highest BCUT2D eigenvalue weighted by atomic mass is 16.5. The molecule has 0 heterocycles. The van der Waals surface area contributed by atoms with Crippen LogP contribution in [0.1, 0.15) is 24.9 Å². The number of phenols is 1. The number of hydrogen-bond donors (Lipinski definition) is 2. The van der Waals surface area contributed by atoms with Crippen LogP contribution in [0.2, 0.25) is 0 Å². The van der Waals surface area contributed by atoms with Crippen molar-refractivity contribution in [1.82, 2.24) is 0 Å². The van der Waals surface area contributed by atoms with Gasteiger partial charge in [-0.05, 0) is 24.6 Å². The Labute approximate surface area is 100 Å². The molecule has 0 aliphatic rings. The van der Waals surface area contributed by atoms with E-state index in [-0.39, 0.29) is 18.1 Å². The number of rotatable bonds is 5. The lowest BCUT2D eigenvalue weighted by Crippen LogP contribution is -2.17. The van der Waals surface area contributed by atoms with Crippen LogP contribution in [0, 0.1) is 0 Å². The summed E-state index contributed by atoms with van der Waals surface area (Å²) in [4.78, 5) is 11.2. The molecule has 0 spiro atoms. The van der Waals surface area contributed by atoms with Gasteiger partial charge in [0.25, 0.3) is 0 Å². The smallest absolute Gasteiger partial charge is 0.307 e. The highest BCUT2D eigenvalue weighted by Gasteiger charge is 2.14. The Bertz CT molecular complexity index is 392. The Morgan fingerprint density at radius 2 is 2.24 bits per heavy atom. The maximum absolute atomic E-state index is 11.2. The second-order valence-corrected chi connectivity index (χ2v) is 3.55. The van der Waals surface area contributed by atoms with Crippen LogP contribution in [0.25, 0.3) is 0 Å². The Hall–Kier alpha value is -1.75. The number of benzene rings is 1.